The summed E-state index contributed by atoms with van der Waals surface area (Å²) in [4.78, 5) is 14.6. The van der Waals surface area contributed by atoms with E-state index in [-0.39, 0.29) is 16.7 Å². The van der Waals surface area contributed by atoms with Gasteiger partial charge >= 0.3 is 0 Å². The van der Waals surface area contributed by atoms with E-state index in [0.29, 0.717) is 37.6 Å². The number of hydrogen-bond acceptors (Lipinski definition) is 3. The highest BCUT2D eigenvalue weighted by atomic mass is 35.5. The van der Waals surface area contributed by atoms with Gasteiger partial charge in [-0.2, -0.15) is 4.31 Å². The third-order valence-electron chi connectivity index (χ3n) is 4.89. The molecule has 27 heavy (non-hydrogen) atoms. The maximum absolute atomic E-state index is 12.7. The number of amides is 1. The molecular formula is C20H23ClN2O3S. The van der Waals surface area contributed by atoms with Crippen LogP contribution in [0.2, 0.25) is 5.02 Å². The molecule has 1 saturated heterocycles. The summed E-state index contributed by atoms with van der Waals surface area (Å²) >= 11 is 5.83. The molecule has 144 valence electrons. The van der Waals surface area contributed by atoms with Crippen LogP contribution in [0.5, 0.6) is 0 Å². The van der Waals surface area contributed by atoms with Crippen LogP contribution >= 0.6 is 11.6 Å². The second-order valence-electron chi connectivity index (χ2n) is 6.75. The standard InChI is InChI=1S/C20H23ClN2O3S/c1-16(17-5-3-2-4-6-17)15-20(24)22-11-13-23(14-12-22)27(25,26)19-9-7-18(21)8-10-19/h2-10,16H,11-15H2,1H3. The number of carbonyl (C=O) groups is 1. The third kappa shape index (κ3) is 4.69. The van der Waals surface area contributed by atoms with E-state index in [9.17, 15) is 13.2 Å². The van der Waals surface area contributed by atoms with E-state index in [1.54, 1.807) is 17.0 Å². The Morgan fingerprint density at radius 2 is 1.59 bits per heavy atom. The van der Waals surface area contributed by atoms with Crippen LogP contribution in [0.4, 0.5) is 0 Å². The van der Waals surface area contributed by atoms with Gasteiger partial charge in [0.1, 0.15) is 0 Å². The van der Waals surface area contributed by atoms with Crippen LogP contribution in [-0.4, -0.2) is 49.7 Å². The van der Waals surface area contributed by atoms with Crippen LogP contribution in [0, 0.1) is 0 Å². The molecule has 1 fully saturated rings. The Morgan fingerprint density at radius 1 is 1.00 bits per heavy atom. The van der Waals surface area contributed by atoms with E-state index in [1.807, 2.05) is 37.3 Å². The van der Waals surface area contributed by atoms with Crippen LogP contribution in [0.3, 0.4) is 0 Å². The lowest BCUT2D eigenvalue weighted by molar-refractivity contribution is -0.132. The van der Waals surface area contributed by atoms with Crippen LogP contribution in [0.1, 0.15) is 24.8 Å². The molecule has 1 unspecified atom stereocenters. The van der Waals surface area contributed by atoms with Gasteiger partial charge in [-0.1, -0.05) is 48.9 Å². The molecule has 2 aromatic rings. The number of hydrogen-bond donors (Lipinski definition) is 0. The normalized spacial score (nSPS) is 16.9. The number of carbonyl (C=O) groups excluding carboxylic acids is 1. The molecule has 0 saturated carbocycles. The molecular weight excluding hydrogens is 384 g/mol. The lowest BCUT2D eigenvalue weighted by Crippen LogP contribution is -2.50. The molecule has 0 N–H and O–H groups in total. The van der Waals surface area contributed by atoms with Gasteiger partial charge in [-0.25, -0.2) is 8.42 Å². The highest BCUT2D eigenvalue weighted by Gasteiger charge is 2.30. The zero-order chi connectivity index (χ0) is 19.4. The molecule has 1 aliphatic rings. The molecule has 3 rings (SSSR count). The second-order valence-corrected chi connectivity index (χ2v) is 9.13. The van der Waals surface area contributed by atoms with Crippen molar-refractivity contribution in [2.75, 3.05) is 26.2 Å². The van der Waals surface area contributed by atoms with Gasteiger partial charge in [0.15, 0.2) is 0 Å². The zero-order valence-electron chi connectivity index (χ0n) is 15.2. The number of sulfonamides is 1. The molecule has 7 heteroatoms. The van der Waals surface area contributed by atoms with Crippen molar-refractivity contribution < 1.29 is 13.2 Å². The quantitative estimate of drug-likeness (QED) is 0.764. The average molecular weight is 407 g/mol. The minimum atomic E-state index is -3.56. The van der Waals surface area contributed by atoms with Gasteiger partial charge in [-0.15, -0.1) is 0 Å². The molecule has 1 amide bonds. The van der Waals surface area contributed by atoms with Gasteiger partial charge in [0.25, 0.3) is 0 Å². The van der Waals surface area contributed by atoms with Gasteiger partial charge in [-0.3, -0.25) is 4.79 Å². The first-order valence-electron chi connectivity index (χ1n) is 8.96. The monoisotopic (exact) mass is 406 g/mol. The number of rotatable bonds is 5. The molecule has 0 bridgehead atoms. The van der Waals surface area contributed by atoms with Gasteiger partial charge in [0.2, 0.25) is 15.9 Å². The Kier molecular flexibility index (Phi) is 6.19. The molecule has 5 nitrogen and oxygen atoms in total. The third-order valence-corrected chi connectivity index (χ3v) is 7.06. The SMILES string of the molecule is CC(CC(=O)N1CCN(S(=O)(=O)c2ccc(Cl)cc2)CC1)c1ccccc1. The van der Waals surface area contributed by atoms with Gasteiger partial charge < -0.3 is 4.90 Å². The molecule has 1 atom stereocenters. The molecule has 1 aliphatic heterocycles. The van der Waals surface area contributed by atoms with E-state index in [4.69, 9.17) is 11.6 Å². The van der Waals surface area contributed by atoms with Crippen LogP contribution in [0.15, 0.2) is 59.5 Å². The smallest absolute Gasteiger partial charge is 0.243 e. The Labute approximate surface area is 165 Å². The van der Waals surface area contributed by atoms with E-state index in [2.05, 4.69) is 0 Å². The first kappa shape index (κ1) is 19.9. The second kappa shape index (κ2) is 8.42. The lowest BCUT2D eigenvalue weighted by Gasteiger charge is -2.34. The predicted molar refractivity (Wildman–Crippen MR) is 106 cm³/mol. The molecule has 0 aromatic heterocycles. The lowest BCUT2D eigenvalue weighted by atomic mass is 9.97. The minimum Gasteiger partial charge on any atom is -0.340 e. The first-order chi connectivity index (χ1) is 12.9. The molecule has 1 heterocycles. The van der Waals surface area contributed by atoms with Crippen molar-refractivity contribution >= 4 is 27.5 Å². The van der Waals surface area contributed by atoms with Gasteiger partial charge in [0.05, 0.1) is 4.90 Å². The van der Waals surface area contributed by atoms with Crippen molar-refractivity contribution in [2.45, 2.75) is 24.2 Å². The fraction of sp³-hybridized carbons (Fsp3) is 0.350. The van der Waals surface area contributed by atoms with Crippen molar-refractivity contribution in [1.29, 1.82) is 0 Å². The molecule has 2 aromatic carbocycles. The van der Waals surface area contributed by atoms with Crippen molar-refractivity contribution in [1.82, 2.24) is 9.21 Å². The maximum atomic E-state index is 12.7. The largest absolute Gasteiger partial charge is 0.340 e. The number of nitrogens with zero attached hydrogens (tertiary/aromatic N) is 2. The van der Waals surface area contributed by atoms with Crippen LogP contribution in [-0.2, 0) is 14.8 Å². The van der Waals surface area contributed by atoms with E-state index >= 15 is 0 Å². The summed E-state index contributed by atoms with van der Waals surface area (Å²) in [5.41, 5.74) is 1.13. The zero-order valence-corrected chi connectivity index (χ0v) is 16.8. The Hall–Kier alpha value is -1.89. The van der Waals surface area contributed by atoms with Gasteiger partial charge in [-0.05, 0) is 35.7 Å². The van der Waals surface area contributed by atoms with E-state index < -0.39 is 10.0 Å². The van der Waals surface area contributed by atoms with Crippen LogP contribution in [0.25, 0.3) is 0 Å². The summed E-state index contributed by atoms with van der Waals surface area (Å²) in [5.74, 6) is 0.199. The van der Waals surface area contributed by atoms with E-state index in [1.165, 1.54) is 16.4 Å². The van der Waals surface area contributed by atoms with Gasteiger partial charge in [0, 0.05) is 37.6 Å². The molecule has 0 aliphatic carbocycles. The highest BCUT2D eigenvalue weighted by molar-refractivity contribution is 7.89. The summed E-state index contributed by atoms with van der Waals surface area (Å²) in [7, 11) is -3.56. The fourth-order valence-electron chi connectivity index (χ4n) is 3.22. The first-order valence-corrected chi connectivity index (χ1v) is 10.8. The predicted octanol–water partition coefficient (Wildman–Crippen LogP) is 3.37. The summed E-state index contributed by atoms with van der Waals surface area (Å²) in [6, 6.07) is 16.1. The Balaban J connectivity index is 1.58. The fourth-order valence-corrected chi connectivity index (χ4v) is 4.77. The molecule has 0 spiro atoms. The minimum absolute atomic E-state index is 0.0647. The average Bonchev–Trinajstić information content (AvgIpc) is 2.69. The van der Waals surface area contributed by atoms with E-state index in [0.717, 1.165) is 5.56 Å². The van der Waals surface area contributed by atoms with Crippen molar-refractivity contribution in [3.05, 3.63) is 65.2 Å². The van der Waals surface area contributed by atoms with Crippen LogP contribution < -0.4 is 0 Å². The van der Waals surface area contributed by atoms with Crippen molar-refractivity contribution in [3.63, 3.8) is 0 Å². The number of piperazine rings is 1. The number of halogens is 1. The number of benzene rings is 2. The summed E-state index contributed by atoms with van der Waals surface area (Å²) in [6.07, 6.45) is 0.425. The highest BCUT2D eigenvalue weighted by Crippen LogP contribution is 2.22. The Bertz CT molecular complexity index is 877. The maximum Gasteiger partial charge on any atom is 0.243 e. The Morgan fingerprint density at radius 3 is 2.19 bits per heavy atom. The topological polar surface area (TPSA) is 57.7 Å². The molecule has 0 radical (unpaired) electrons. The summed E-state index contributed by atoms with van der Waals surface area (Å²) < 4.78 is 26.9. The summed E-state index contributed by atoms with van der Waals surface area (Å²) in [5, 5.41) is 0.497. The summed E-state index contributed by atoms with van der Waals surface area (Å²) in [6.45, 7) is 3.46. The van der Waals surface area contributed by atoms with Crippen molar-refractivity contribution in [2.24, 2.45) is 0 Å². The van der Waals surface area contributed by atoms with Crippen molar-refractivity contribution in [3.8, 4) is 0 Å².